The number of aliphatic carboxylic acids is 1. The van der Waals surface area contributed by atoms with Crippen LogP contribution in [-0.4, -0.2) is 84.4 Å². The summed E-state index contributed by atoms with van der Waals surface area (Å²) in [5.41, 5.74) is 4.60. The van der Waals surface area contributed by atoms with E-state index in [1.54, 1.807) is 27.7 Å². The van der Waals surface area contributed by atoms with Gasteiger partial charge in [-0.2, -0.15) is 9.36 Å². The van der Waals surface area contributed by atoms with Crippen LogP contribution in [0.4, 0.5) is 9.93 Å². The van der Waals surface area contributed by atoms with Gasteiger partial charge in [0.1, 0.15) is 29.3 Å². The Balaban J connectivity index is 1.60. The van der Waals surface area contributed by atoms with Gasteiger partial charge in [-0.1, -0.05) is 5.16 Å². The van der Waals surface area contributed by atoms with E-state index in [9.17, 15) is 24.3 Å². The fraction of sp³-hybridized carbons (Fsp3) is 0.550. The number of carbonyl (C=O) groups excluding carboxylic acids is 3. The van der Waals surface area contributed by atoms with Gasteiger partial charge in [-0.15, -0.1) is 11.8 Å². The summed E-state index contributed by atoms with van der Waals surface area (Å²) in [6.45, 7) is 7.34. The number of fused-ring (bicyclic) bond motifs is 1. The van der Waals surface area contributed by atoms with E-state index < -0.39 is 40.9 Å². The molecule has 3 atom stereocenters. The lowest BCUT2D eigenvalue weighted by molar-refractivity contribution is -0.150. The molecule has 0 spiro atoms. The number of oxime groups is 1. The fourth-order valence-electron chi connectivity index (χ4n) is 3.20. The van der Waals surface area contributed by atoms with E-state index >= 15 is 0 Å². The Morgan fingerprint density at radius 1 is 1.33 bits per heavy atom. The number of hydrogen-bond acceptors (Lipinski definition) is 12. The van der Waals surface area contributed by atoms with Crippen LogP contribution in [0.1, 0.15) is 39.9 Å². The number of nitrogens with one attached hydrogen (secondary N) is 2. The zero-order valence-electron chi connectivity index (χ0n) is 20.0. The zero-order chi connectivity index (χ0) is 26.6. The Bertz CT molecular complexity index is 1100. The summed E-state index contributed by atoms with van der Waals surface area (Å²) >= 11 is 2.19. The minimum atomic E-state index is -1.22. The third kappa shape index (κ3) is 6.63. The second-order valence-electron chi connectivity index (χ2n) is 8.76. The van der Waals surface area contributed by atoms with Gasteiger partial charge >= 0.3 is 12.1 Å². The molecule has 2 unspecified atom stereocenters. The maximum atomic E-state index is 13.0. The van der Waals surface area contributed by atoms with Crippen LogP contribution in [0.25, 0.3) is 0 Å². The molecule has 16 heteroatoms. The summed E-state index contributed by atoms with van der Waals surface area (Å²) < 4.78 is 9.11. The van der Waals surface area contributed by atoms with Crippen LogP contribution in [-0.2, 0) is 24.0 Å². The number of rotatable bonds is 9. The molecule has 0 bridgehead atoms. The van der Waals surface area contributed by atoms with Gasteiger partial charge in [0.05, 0.1) is 0 Å². The Morgan fingerprint density at radius 2 is 2.06 bits per heavy atom. The molecule has 196 valence electrons. The van der Waals surface area contributed by atoms with Gasteiger partial charge in [-0.05, 0) is 33.8 Å². The highest BCUT2D eigenvalue weighted by Gasteiger charge is 2.54. The molecule has 14 nitrogen and oxygen atoms in total. The van der Waals surface area contributed by atoms with E-state index in [1.165, 1.54) is 17.8 Å². The molecule has 3 heterocycles. The van der Waals surface area contributed by atoms with Crippen molar-refractivity contribution in [3.05, 3.63) is 17.6 Å². The minimum absolute atomic E-state index is 0.0467. The lowest BCUT2D eigenvalue weighted by atomic mass is 10.0. The molecule has 0 radical (unpaired) electrons. The summed E-state index contributed by atoms with van der Waals surface area (Å²) in [5.74, 6) is -2.64. The number of thioether (sulfide) groups is 1. The minimum Gasteiger partial charge on any atom is -0.477 e. The van der Waals surface area contributed by atoms with Gasteiger partial charge in [-0.3, -0.25) is 14.5 Å². The number of anilines is 1. The Labute approximate surface area is 214 Å². The topological polar surface area (TPSA) is 198 Å². The van der Waals surface area contributed by atoms with Crippen LogP contribution in [0.3, 0.4) is 0 Å². The molecule has 3 amide bonds. The van der Waals surface area contributed by atoms with E-state index in [1.807, 2.05) is 0 Å². The summed E-state index contributed by atoms with van der Waals surface area (Å²) in [7, 11) is 0. The third-order valence-corrected chi connectivity index (χ3v) is 6.53. The molecule has 0 aromatic carbocycles. The number of nitrogens with two attached hydrogens (primary N) is 1. The molecule has 5 N–H and O–H groups in total. The Hall–Kier alpha value is -3.40. The third-order valence-electron chi connectivity index (χ3n) is 4.66. The quantitative estimate of drug-likeness (QED) is 0.147. The number of carbonyl (C=O) groups is 4. The van der Waals surface area contributed by atoms with Crippen LogP contribution >= 0.6 is 23.3 Å². The number of β-lactam (4-membered cyclic amide) rings is 1. The first-order chi connectivity index (χ1) is 16.9. The number of aromatic nitrogens is 2. The van der Waals surface area contributed by atoms with Crippen molar-refractivity contribution in [3.63, 3.8) is 0 Å². The van der Waals surface area contributed by atoms with Crippen molar-refractivity contribution in [3.8, 4) is 0 Å². The molecule has 0 saturated carbocycles. The average molecular weight is 542 g/mol. The molecule has 1 fully saturated rings. The average Bonchev–Trinajstić information content (AvgIpc) is 3.20. The highest BCUT2D eigenvalue weighted by atomic mass is 32.2. The molecule has 1 saturated heterocycles. The van der Waals surface area contributed by atoms with Crippen molar-refractivity contribution >= 4 is 58.0 Å². The van der Waals surface area contributed by atoms with Crippen LogP contribution < -0.4 is 16.4 Å². The van der Waals surface area contributed by atoms with Crippen molar-refractivity contribution in [2.24, 2.45) is 5.16 Å². The van der Waals surface area contributed by atoms with Gasteiger partial charge in [0.25, 0.3) is 11.8 Å². The van der Waals surface area contributed by atoms with Crippen molar-refractivity contribution in [2.45, 2.75) is 56.4 Å². The number of alkyl carbamates (subject to hydrolysis) is 1. The largest absolute Gasteiger partial charge is 0.477 e. The Kier molecular flexibility index (Phi) is 8.39. The lowest BCUT2D eigenvalue weighted by Gasteiger charge is -2.49. The Morgan fingerprint density at radius 3 is 2.67 bits per heavy atom. The van der Waals surface area contributed by atoms with E-state index in [0.29, 0.717) is 6.42 Å². The molecule has 1 aromatic rings. The van der Waals surface area contributed by atoms with E-state index in [0.717, 1.165) is 16.4 Å². The normalized spacial score (nSPS) is 21.6. The van der Waals surface area contributed by atoms with Gasteiger partial charge in [-0.25, -0.2) is 9.59 Å². The molecule has 36 heavy (non-hydrogen) atoms. The van der Waals surface area contributed by atoms with Gasteiger partial charge in [0.15, 0.2) is 5.13 Å². The first-order valence-electron chi connectivity index (χ1n) is 10.9. The standard InChI is InChI=1S/C20H27N7O7S2/c1-9-8-10(17(30)31)27-15(29)12(16(27)35-9)23-14(28)11(13-24-18(21)36-26-13)25-33-7-5-6-22-19(32)34-20(2,3)4/h8-9,12,16H,5-7H2,1-4H3,(H,22,32)(H,23,28)(H,30,31)(H2,21,24,26)/t9?,12?,16-/m1/s1. The molecule has 0 aliphatic carbocycles. The van der Waals surface area contributed by atoms with E-state index in [2.05, 4.69) is 25.1 Å². The number of nitrogens with zero attached hydrogens (tertiary/aromatic N) is 4. The monoisotopic (exact) mass is 541 g/mol. The number of ether oxygens (including phenoxy) is 1. The maximum absolute atomic E-state index is 13.0. The second-order valence-corrected chi connectivity index (χ2v) is 11.0. The number of hydrogen-bond donors (Lipinski definition) is 4. The predicted octanol–water partition coefficient (Wildman–Crippen LogP) is 0.513. The first-order valence-corrected chi connectivity index (χ1v) is 12.6. The number of nitrogen functional groups attached to an aromatic ring is 1. The SMILES string of the molecule is CC1C=C(C(=O)O)N2C(=O)C(NC(=O)C(=NOCCCNC(=O)OC(C)(C)C)c3nsc(N)n3)[C@H]2S1. The molecule has 1 aromatic heterocycles. The number of carboxylic acids is 1. The molecular formula is C20H27N7O7S2. The van der Waals surface area contributed by atoms with Crippen molar-refractivity contribution in [1.82, 2.24) is 24.9 Å². The number of carboxylic acid groups (broad SMARTS) is 1. The van der Waals surface area contributed by atoms with Crippen LogP contribution in [0.2, 0.25) is 0 Å². The van der Waals surface area contributed by atoms with Gasteiger partial charge in [0, 0.05) is 29.7 Å². The van der Waals surface area contributed by atoms with Gasteiger partial charge in [0.2, 0.25) is 11.5 Å². The molecule has 3 rings (SSSR count). The first kappa shape index (κ1) is 27.2. The smallest absolute Gasteiger partial charge is 0.407 e. The van der Waals surface area contributed by atoms with Gasteiger partial charge < -0.3 is 31.0 Å². The van der Waals surface area contributed by atoms with Crippen LogP contribution in [0.5, 0.6) is 0 Å². The maximum Gasteiger partial charge on any atom is 0.407 e. The van der Waals surface area contributed by atoms with Crippen molar-refractivity contribution in [1.29, 1.82) is 0 Å². The van der Waals surface area contributed by atoms with E-state index in [-0.39, 0.29) is 40.8 Å². The highest BCUT2D eigenvalue weighted by molar-refractivity contribution is 8.00. The zero-order valence-corrected chi connectivity index (χ0v) is 21.6. The van der Waals surface area contributed by atoms with Crippen LogP contribution in [0, 0.1) is 0 Å². The molecular weight excluding hydrogens is 514 g/mol. The number of amides is 3. The molecule has 2 aliphatic heterocycles. The summed E-state index contributed by atoms with van der Waals surface area (Å²) in [6.07, 6.45) is 1.28. The lowest BCUT2D eigenvalue weighted by Crippen LogP contribution is -2.71. The second kappa shape index (κ2) is 11.1. The van der Waals surface area contributed by atoms with Crippen molar-refractivity contribution < 1.29 is 33.9 Å². The highest BCUT2D eigenvalue weighted by Crippen LogP contribution is 2.40. The fourth-order valence-corrected chi connectivity index (χ4v) is 4.97. The van der Waals surface area contributed by atoms with Crippen LogP contribution in [0.15, 0.2) is 16.9 Å². The summed E-state index contributed by atoms with van der Waals surface area (Å²) in [6, 6.07) is -0.966. The summed E-state index contributed by atoms with van der Waals surface area (Å²) in [5, 5.41) is 17.7. The van der Waals surface area contributed by atoms with Crippen molar-refractivity contribution in [2.75, 3.05) is 18.9 Å². The summed E-state index contributed by atoms with van der Waals surface area (Å²) in [4.78, 5) is 59.1. The predicted molar refractivity (Wildman–Crippen MR) is 131 cm³/mol. The van der Waals surface area contributed by atoms with E-state index in [4.69, 9.17) is 15.3 Å². The molecule has 2 aliphatic rings.